The zero-order chi connectivity index (χ0) is 19.8. The summed E-state index contributed by atoms with van der Waals surface area (Å²) in [5.41, 5.74) is 2.44. The lowest BCUT2D eigenvalue weighted by atomic mass is 10.1. The van der Waals surface area contributed by atoms with Crippen molar-refractivity contribution in [1.82, 2.24) is 9.55 Å². The lowest BCUT2D eigenvalue weighted by Gasteiger charge is -2.16. The number of carbonyl (C=O) groups is 1. The van der Waals surface area contributed by atoms with Crippen LogP contribution in [0.4, 0.5) is 13.2 Å². The van der Waals surface area contributed by atoms with E-state index >= 15 is 0 Å². The maximum atomic E-state index is 12.2. The molecule has 0 spiro atoms. The van der Waals surface area contributed by atoms with Gasteiger partial charge in [0, 0.05) is 17.1 Å². The zero-order valence-corrected chi connectivity index (χ0v) is 14.6. The first-order valence-corrected chi connectivity index (χ1v) is 8.15. The van der Waals surface area contributed by atoms with Gasteiger partial charge in [-0.25, -0.2) is 4.79 Å². The monoisotopic (exact) mass is 378 g/mol. The smallest absolute Gasteiger partial charge is 0.422 e. The van der Waals surface area contributed by atoms with Crippen LogP contribution in [-0.2, 0) is 0 Å². The number of aromatic nitrogens is 2. The predicted molar refractivity (Wildman–Crippen MR) is 93.2 cm³/mol. The van der Waals surface area contributed by atoms with E-state index in [0.29, 0.717) is 11.1 Å². The maximum Gasteiger partial charge on any atom is 0.422 e. The second-order valence-corrected chi connectivity index (χ2v) is 6.27. The van der Waals surface area contributed by atoms with Crippen molar-refractivity contribution in [3.05, 3.63) is 59.5 Å². The van der Waals surface area contributed by atoms with Gasteiger partial charge < -0.3 is 14.4 Å². The first-order chi connectivity index (χ1) is 12.7. The van der Waals surface area contributed by atoms with Crippen molar-refractivity contribution in [1.29, 1.82) is 0 Å². The summed E-state index contributed by atoms with van der Waals surface area (Å²) in [4.78, 5) is 15.7. The molecule has 5 nitrogen and oxygen atoms in total. The molecule has 3 aromatic rings. The van der Waals surface area contributed by atoms with E-state index in [1.807, 2.05) is 32.0 Å². The molecule has 8 heteroatoms. The van der Waals surface area contributed by atoms with E-state index in [9.17, 15) is 23.1 Å². The molecule has 1 atom stereocenters. The fourth-order valence-electron chi connectivity index (χ4n) is 2.89. The molecule has 0 saturated heterocycles. The summed E-state index contributed by atoms with van der Waals surface area (Å²) in [6.45, 7) is 2.34. The Balaban J connectivity index is 1.92. The van der Waals surface area contributed by atoms with Crippen molar-refractivity contribution >= 4 is 16.9 Å². The Bertz CT molecular complexity index is 978. The van der Waals surface area contributed by atoms with Crippen LogP contribution in [0.3, 0.4) is 0 Å². The Morgan fingerprint density at radius 3 is 2.63 bits per heavy atom. The fourth-order valence-corrected chi connectivity index (χ4v) is 2.89. The Morgan fingerprint density at radius 1 is 1.30 bits per heavy atom. The van der Waals surface area contributed by atoms with E-state index in [1.54, 1.807) is 16.8 Å². The lowest BCUT2D eigenvalue weighted by molar-refractivity contribution is -0.153. The number of carboxylic acids is 1. The van der Waals surface area contributed by atoms with E-state index in [-0.39, 0.29) is 17.4 Å². The second-order valence-electron chi connectivity index (χ2n) is 6.27. The van der Waals surface area contributed by atoms with Gasteiger partial charge in [0.25, 0.3) is 0 Å². The first kappa shape index (κ1) is 18.8. The number of halogens is 3. The number of pyridine rings is 1. The number of hydrogen-bond donors (Lipinski definition) is 1. The minimum absolute atomic E-state index is 0.0162. The largest absolute Gasteiger partial charge is 0.483 e. The quantitative estimate of drug-likeness (QED) is 0.705. The van der Waals surface area contributed by atoms with E-state index in [0.717, 1.165) is 11.1 Å². The molecule has 0 aliphatic rings. The van der Waals surface area contributed by atoms with Crippen LogP contribution in [0.25, 0.3) is 10.9 Å². The van der Waals surface area contributed by atoms with Crippen LogP contribution in [0.2, 0.25) is 0 Å². The highest BCUT2D eigenvalue weighted by molar-refractivity contribution is 6.03. The van der Waals surface area contributed by atoms with Gasteiger partial charge >= 0.3 is 12.1 Å². The Hall–Kier alpha value is -3.03. The SMILES string of the molecule is Cc1ccc2c(c1)c(C(=O)O)cn2C(C)c1ccc(OCC(F)(F)F)cn1. The van der Waals surface area contributed by atoms with Crippen LogP contribution in [0.5, 0.6) is 5.75 Å². The van der Waals surface area contributed by atoms with Crippen LogP contribution in [-0.4, -0.2) is 33.4 Å². The van der Waals surface area contributed by atoms with Gasteiger partial charge in [-0.15, -0.1) is 0 Å². The standard InChI is InChI=1S/C19H17F3N2O3/c1-11-3-6-17-14(7-11)15(18(25)26)9-24(17)12(2)16-5-4-13(8-23-16)27-10-19(20,21)22/h3-9,12H,10H2,1-2H3,(H,25,26). The Morgan fingerprint density at radius 2 is 2.04 bits per heavy atom. The summed E-state index contributed by atoms with van der Waals surface area (Å²) in [6.07, 6.45) is -1.64. The molecule has 1 unspecified atom stereocenters. The fraction of sp³-hybridized carbons (Fsp3) is 0.263. The predicted octanol–water partition coefficient (Wildman–Crippen LogP) is 4.59. The highest BCUT2D eigenvalue weighted by atomic mass is 19.4. The van der Waals surface area contributed by atoms with Crippen LogP contribution in [0.1, 0.15) is 34.6 Å². The van der Waals surface area contributed by atoms with E-state index in [1.165, 1.54) is 12.3 Å². The molecule has 0 radical (unpaired) electrons. The summed E-state index contributed by atoms with van der Waals surface area (Å²) in [6, 6.07) is 8.20. The van der Waals surface area contributed by atoms with Crippen LogP contribution in [0, 0.1) is 6.92 Å². The molecule has 0 fully saturated rings. The number of ether oxygens (including phenoxy) is 1. The van der Waals surface area contributed by atoms with Crippen molar-refractivity contribution in [2.45, 2.75) is 26.1 Å². The van der Waals surface area contributed by atoms with Crippen molar-refractivity contribution < 1.29 is 27.8 Å². The number of hydrogen-bond acceptors (Lipinski definition) is 3. The summed E-state index contributed by atoms with van der Waals surface area (Å²) in [5, 5.41) is 10.1. The number of benzene rings is 1. The van der Waals surface area contributed by atoms with Gasteiger partial charge in [0.05, 0.1) is 23.5 Å². The minimum Gasteiger partial charge on any atom is -0.483 e. The third-order valence-corrected chi connectivity index (χ3v) is 4.23. The van der Waals surface area contributed by atoms with Crippen molar-refractivity contribution in [2.75, 3.05) is 6.61 Å². The molecular formula is C19H17F3N2O3. The van der Waals surface area contributed by atoms with Gasteiger partial charge in [-0.05, 0) is 38.1 Å². The molecule has 0 amide bonds. The average molecular weight is 378 g/mol. The van der Waals surface area contributed by atoms with E-state index in [4.69, 9.17) is 0 Å². The topological polar surface area (TPSA) is 64.3 Å². The van der Waals surface area contributed by atoms with Crippen LogP contribution in [0.15, 0.2) is 42.7 Å². The number of aromatic carboxylic acids is 1. The van der Waals surface area contributed by atoms with Gasteiger partial charge in [0.15, 0.2) is 6.61 Å². The van der Waals surface area contributed by atoms with Crippen molar-refractivity contribution in [2.24, 2.45) is 0 Å². The third kappa shape index (κ3) is 4.05. The molecule has 2 heterocycles. The second kappa shape index (κ2) is 6.94. The van der Waals surface area contributed by atoms with Crippen LogP contribution < -0.4 is 4.74 Å². The summed E-state index contributed by atoms with van der Waals surface area (Å²) in [5.74, 6) is -1.01. The number of aryl methyl sites for hydroxylation is 1. The van der Waals surface area contributed by atoms with Crippen molar-refractivity contribution in [3.63, 3.8) is 0 Å². The highest BCUT2D eigenvalue weighted by Gasteiger charge is 2.28. The Labute approximate surface area is 153 Å². The van der Waals surface area contributed by atoms with Gasteiger partial charge in [0.1, 0.15) is 5.75 Å². The number of fused-ring (bicyclic) bond motifs is 1. The molecule has 0 aliphatic carbocycles. The van der Waals surface area contributed by atoms with Gasteiger partial charge in [-0.3, -0.25) is 4.98 Å². The van der Waals surface area contributed by atoms with Crippen molar-refractivity contribution in [3.8, 4) is 5.75 Å². The maximum absolute atomic E-state index is 12.2. The molecule has 2 aromatic heterocycles. The minimum atomic E-state index is -4.42. The Kier molecular flexibility index (Phi) is 4.82. The van der Waals surface area contributed by atoms with E-state index < -0.39 is 18.8 Å². The molecule has 0 saturated carbocycles. The lowest BCUT2D eigenvalue weighted by Crippen LogP contribution is -2.19. The molecule has 0 aliphatic heterocycles. The number of carboxylic acid groups (broad SMARTS) is 1. The van der Waals surface area contributed by atoms with Gasteiger partial charge in [-0.1, -0.05) is 11.6 Å². The molecule has 0 bridgehead atoms. The third-order valence-electron chi connectivity index (χ3n) is 4.23. The summed E-state index contributed by atoms with van der Waals surface area (Å²) < 4.78 is 43.1. The van der Waals surface area contributed by atoms with Gasteiger partial charge in [0.2, 0.25) is 0 Å². The molecule has 1 aromatic carbocycles. The molecule has 1 N–H and O–H groups in total. The normalized spacial score (nSPS) is 12.9. The van der Waals surface area contributed by atoms with Gasteiger partial charge in [-0.2, -0.15) is 13.2 Å². The zero-order valence-electron chi connectivity index (χ0n) is 14.6. The average Bonchev–Trinajstić information content (AvgIpc) is 2.98. The highest BCUT2D eigenvalue weighted by Crippen LogP contribution is 2.29. The first-order valence-electron chi connectivity index (χ1n) is 8.15. The van der Waals surface area contributed by atoms with Crippen LogP contribution >= 0.6 is 0 Å². The number of rotatable bonds is 5. The molecule has 3 rings (SSSR count). The number of nitrogens with zero attached hydrogens (tertiary/aromatic N) is 2. The number of alkyl halides is 3. The molecular weight excluding hydrogens is 361 g/mol. The summed E-state index contributed by atoms with van der Waals surface area (Å²) in [7, 11) is 0. The summed E-state index contributed by atoms with van der Waals surface area (Å²) >= 11 is 0. The molecule has 142 valence electrons. The van der Waals surface area contributed by atoms with E-state index in [2.05, 4.69) is 9.72 Å². The molecule has 27 heavy (non-hydrogen) atoms.